The minimum Gasteiger partial charge on any atom is -0.480 e. The molecule has 0 rings (SSSR count). The predicted molar refractivity (Wildman–Crippen MR) is 57.3 cm³/mol. The molecule has 0 radical (unpaired) electrons. The fourth-order valence-corrected chi connectivity index (χ4v) is 2.69. The van der Waals surface area contributed by atoms with Gasteiger partial charge in [-0.2, -0.15) is 11.8 Å². The molecule has 0 heterocycles. The zero-order valence-electron chi connectivity index (χ0n) is 8.92. The SMILES string of the molecule is CN[C@H](C(=O)O)[C@H](C)SC(C)(C)C. The van der Waals surface area contributed by atoms with Crippen LogP contribution in [0.15, 0.2) is 0 Å². The molecule has 0 aliphatic heterocycles. The summed E-state index contributed by atoms with van der Waals surface area (Å²) in [6, 6.07) is -0.468. The Labute approximate surface area is 84.3 Å². The Bertz CT molecular complexity index is 177. The van der Waals surface area contributed by atoms with Gasteiger partial charge in [-0.3, -0.25) is 4.79 Å². The molecule has 0 bridgehead atoms. The van der Waals surface area contributed by atoms with E-state index in [4.69, 9.17) is 5.11 Å². The first-order chi connectivity index (χ1) is 5.78. The van der Waals surface area contributed by atoms with Crippen LogP contribution in [0, 0.1) is 0 Å². The lowest BCUT2D eigenvalue weighted by atomic mass is 10.2. The molecule has 0 fully saturated rings. The van der Waals surface area contributed by atoms with Crippen LogP contribution in [0.1, 0.15) is 27.7 Å². The van der Waals surface area contributed by atoms with E-state index < -0.39 is 12.0 Å². The molecule has 0 aliphatic rings. The molecular weight excluding hydrogens is 186 g/mol. The van der Waals surface area contributed by atoms with Crippen LogP contribution in [-0.2, 0) is 4.79 Å². The van der Waals surface area contributed by atoms with Crippen molar-refractivity contribution in [1.82, 2.24) is 5.32 Å². The monoisotopic (exact) mass is 205 g/mol. The van der Waals surface area contributed by atoms with Crippen molar-refractivity contribution in [2.75, 3.05) is 7.05 Å². The van der Waals surface area contributed by atoms with E-state index >= 15 is 0 Å². The first kappa shape index (κ1) is 12.8. The number of likely N-dealkylation sites (N-methyl/N-ethyl adjacent to an activating group) is 1. The van der Waals surface area contributed by atoms with Gasteiger partial charge in [-0.15, -0.1) is 0 Å². The highest BCUT2D eigenvalue weighted by molar-refractivity contribution is 8.01. The van der Waals surface area contributed by atoms with Crippen molar-refractivity contribution in [2.45, 2.75) is 43.7 Å². The van der Waals surface area contributed by atoms with Gasteiger partial charge in [0.2, 0.25) is 0 Å². The molecule has 2 atom stereocenters. The Balaban J connectivity index is 4.22. The van der Waals surface area contributed by atoms with E-state index in [1.807, 2.05) is 6.92 Å². The molecule has 0 saturated carbocycles. The zero-order valence-corrected chi connectivity index (χ0v) is 9.73. The lowest BCUT2D eigenvalue weighted by molar-refractivity contribution is -0.139. The summed E-state index contributed by atoms with van der Waals surface area (Å²) in [5.41, 5.74) is 0. The molecule has 0 aromatic heterocycles. The molecule has 0 aliphatic carbocycles. The van der Waals surface area contributed by atoms with Gasteiger partial charge < -0.3 is 10.4 Å². The number of hydrogen-bond acceptors (Lipinski definition) is 3. The van der Waals surface area contributed by atoms with Crippen molar-refractivity contribution in [3.05, 3.63) is 0 Å². The van der Waals surface area contributed by atoms with Crippen LogP contribution in [0.25, 0.3) is 0 Å². The molecule has 0 amide bonds. The van der Waals surface area contributed by atoms with Gasteiger partial charge in [0, 0.05) is 10.00 Å². The molecule has 78 valence electrons. The lowest BCUT2D eigenvalue weighted by Gasteiger charge is -2.26. The van der Waals surface area contributed by atoms with Crippen LogP contribution in [0.5, 0.6) is 0 Å². The largest absolute Gasteiger partial charge is 0.480 e. The molecule has 0 saturated heterocycles. The van der Waals surface area contributed by atoms with Crippen molar-refractivity contribution in [2.24, 2.45) is 0 Å². The van der Waals surface area contributed by atoms with Crippen molar-refractivity contribution >= 4 is 17.7 Å². The number of carboxylic acids is 1. The van der Waals surface area contributed by atoms with Crippen LogP contribution in [0.3, 0.4) is 0 Å². The van der Waals surface area contributed by atoms with Gasteiger partial charge in [0.1, 0.15) is 6.04 Å². The van der Waals surface area contributed by atoms with E-state index in [9.17, 15) is 4.79 Å². The van der Waals surface area contributed by atoms with Gasteiger partial charge in [-0.05, 0) is 7.05 Å². The van der Waals surface area contributed by atoms with Crippen molar-refractivity contribution in [3.63, 3.8) is 0 Å². The maximum Gasteiger partial charge on any atom is 0.321 e. The highest BCUT2D eigenvalue weighted by Crippen LogP contribution is 2.29. The number of carbonyl (C=O) groups is 1. The number of carboxylic acid groups (broad SMARTS) is 1. The molecule has 0 aromatic carbocycles. The smallest absolute Gasteiger partial charge is 0.321 e. The van der Waals surface area contributed by atoms with E-state index in [0.717, 1.165) is 0 Å². The minimum absolute atomic E-state index is 0.0718. The standard InChI is InChI=1S/C9H19NO2S/c1-6(13-9(2,3)4)7(10-5)8(11)12/h6-7,10H,1-5H3,(H,11,12)/t6-,7-/m0/s1. The van der Waals surface area contributed by atoms with E-state index in [1.165, 1.54) is 0 Å². The Morgan fingerprint density at radius 1 is 1.46 bits per heavy atom. The van der Waals surface area contributed by atoms with Crippen molar-refractivity contribution < 1.29 is 9.90 Å². The maximum absolute atomic E-state index is 10.8. The van der Waals surface area contributed by atoms with E-state index in [1.54, 1.807) is 18.8 Å². The highest BCUT2D eigenvalue weighted by atomic mass is 32.2. The lowest BCUT2D eigenvalue weighted by Crippen LogP contribution is -2.42. The van der Waals surface area contributed by atoms with Gasteiger partial charge in [0.15, 0.2) is 0 Å². The summed E-state index contributed by atoms with van der Waals surface area (Å²) in [4.78, 5) is 10.8. The third kappa shape index (κ3) is 5.16. The van der Waals surface area contributed by atoms with Crippen LogP contribution in [-0.4, -0.2) is 34.2 Å². The second kappa shape index (κ2) is 4.86. The summed E-state index contributed by atoms with van der Waals surface area (Å²) in [6.45, 7) is 8.19. The topological polar surface area (TPSA) is 49.3 Å². The number of rotatable bonds is 4. The summed E-state index contributed by atoms with van der Waals surface area (Å²) in [7, 11) is 1.68. The number of thioether (sulfide) groups is 1. The molecule has 0 aromatic rings. The normalized spacial score (nSPS) is 16.7. The average Bonchev–Trinajstić information content (AvgIpc) is 1.82. The summed E-state index contributed by atoms with van der Waals surface area (Å²) in [5, 5.41) is 11.7. The number of aliphatic carboxylic acids is 1. The predicted octanol–water partition coefficient (Wildman–Crippen LogP) is 1.58. The Morgan fingerprint density at radius 3 is 2.15 bits per heavy atom. The van der Waals surface area contributed by atoms with E-state index in [-0.39, 0.29) is 10.00 Å². The Hall–Kier alpha value is -0.220. The van der Waals surface area contributed by atoms with Crippen LogP contribution in [0.4, 0.5) is 0 Å². The molecule has 2 N–H and O–H groups in total. The fraction of sp³-hybridized carbons (Fsp3) is 0.889. The number of nitrogens with one attached hydrogen (secondary N) is 1. The third-order valence-electron chi connectivity index (χ3n) is 1.59. The fourth-order valence-electron chi connectivity index (χ4n) is 1.18. The zero-order chi connectivity index (χ0) is 10.6. The first-order valence-electron chi connectivity index (χ1n) is 4.36. The second-order valence-corrected chi connectivity index (χ2v) is 6.24. The summed E-state index contributed by atoms with van der Waals surface area (Å²) in [6.07, 6.45) is 0. The summed E-state index contributed by atoms with van der Waals surface area (Å²) in [5.74, 6) is -0.785. The maximum atomic E-state index is 10.8. The first-order valence-corrected chi connectivity index (χ1v) is 5.24. The molecule has 3 nitrogen and oxygen atoms in total. The quantitative estimate of drug-likeness (QED) is 0.731. The van der Waals surface area contributed by atoms with Gasteiger partial charge >= 0.3 is 5.97 Å². The summed E-state index contributed by atoms with van der Waals surface area (Å²) >= 11 is 1.67. The van der Waals surface area contributed by atoms with Crippen molar-refractivity contribution in [3.8, 4) is 0 Å². The van der Waals surface area contributed by atoms with Crippen LogP contribution in [0.2, 0.25) is 0 Å². The molecule has 0 spiro atoms. The van der Waals surface area contributed by atoms with E-state index in [2.05, 4.69) is 26.1 Å². The van der Waals surface area contributed by atoms with Crippen LogP contribution >= 0.6 is 11.8 Å². The Morgan fingerprint density at radius 2 is 1.92 bits per heavy atom. The van der Waals surface area contributed by atoms with Gasteiger partial charge in [-0.25, -0.2) is 0 Å². The average molecular weight is 205 g/mol. The highest BCUT2D eigenvalue weighted by Gasteiger charge is 2.27. The third-order valence-corrected chi connectivity index (χ3v) is 2.94. The van der Waals surface area contributed by atoms with E-state index in [0.29, 0.717) is 0 Å². The van der Waals surface area contributed by atoms with Crippen LogP contribution < -0.4 is 5.32 Å². The number of hydrogen-bond donors (Lipinski definition) is 2. The second-order valence-electron chi connectivity index (χ2n) is 4.04. The Kier molecular flexibility index (Phi) is 4.78. The van der Waals surface area contributed by atoms with Gasteiger partial charge in [-0.1, -0.05) is 27.7 Å². The molecule has 13 heavy (non-hydrogen) atoms. The van der Waals surface area contributed by atoms with Gasteiger partial charge in [0.05, 0.1) is 0 Å². The summed E-state index contributed by atoms with van der Waals surface area (Å²) < 4.78 is 0.101. The molecule has 0 unspecified atom stereocenters. The minimum atomic E-state index is -0.785. The molecule has 4 heteroatoms. The molecular formula is C9H19NO2S. The van der Waals surface area contributed by atoms with Gasteiger partial charge in [0.25, 0.3) is 0 Å². The van der Waals surface area contributed by atoms with Crippen molar-refractivity contribution in [1.29, 1.82) is 0 Å².